The van der Waals surface area contributed by atoms with E-state index >= 15 is 0 Å². The van der Waals surface area contributed by atoms with E-state index in [4.69, 9.17) is 0 Å². The first-order valence-corrected chi connectivity index (χ1v) is 9.09. The highest BCUT2D eigenvalue weighted by Gasteiger charge is 2.22. The molecular weight excluding hydrogens is 340 g/mol. The van der Waals surface area contributed by atoms with Crippen LogP contribution < -0.4 is 5.32 Å². The lowest BCUT2D eigenvalue weighted by atomic mass is 10.2. The maximum atomic E-state index is 13.1. The molecule has 0 saturated carbocycles. The zero-order chi connectivity index (χ0) is 19.1. The van der Waals surface area contributed by atoms with Crippen molar-refractivity contribution in [1.29, 1.82) is 0 Å². The van der Waals surface area contributed by atoms with E-state index in [0.717, 1.165) is 25.1 Å². The van der Waals surface area contributed by atoms with Crippen molar-refractivity contribution >= 4 is 17.9 Å². The van der Waals surface area contributed by atoms with Crippen LogP contribution in [0.25, 0.3) is 6.08 Å². The Hall–Kier alpha value is -2.99. The smallest absolute Gasteiger partial charge is 0.270 e. The topological polar surface area (TPSA) is 65.5 Å². The molecule has 2 heterocycles. The second-order valence-electron chi connectivity index (χ2n) is 6.61. The van der Waals surface area contributed by atoms with Gasteiger partial charge in [-0.1, -0.05) is 24.3 Å². The van der Waals surface area contributed by atoms with Gasteiger partial charge in [-0.15, -0.1) is 0 Å². The van der Waals surface area contributed by atoms with E-state index in [1.807, 2.05) is 12.1 Å². The fourth-order valence-corrected chi connectivity index (χ4v) is 2.98. The van der Waals surface area contributed by atoms with Crippen LogP contribution in [0, 0.1) is 0 Å². The van der Waals surface area contributed by atoms with Crippen molar-refractivity contribution in [2.75, 3.05) is 33.2 Å². The summed E-state index contributed by atoms with van der Waals surface area (Å²) in [6.45, 7) is 3.09. The SMILES string of the molecule is CN1CCCN(C(=O)/C(=C\c2cccnc2)NC(=O)c2ccccc2)CC1. The van der Waals surface area contributed by atoms with Crippen molar-refractivity contribution < 1.29 is 9.59 Å². The highest BCUT2D eigenvalue weighted by atomic mass is 16.2. The number of carbonyl (C=O) groups excluding carboxylic acids is 2. The van der Waals surface area contributed by atoms with Crippen LogP contribution >= 0.6 is 0 Å². The van der Waals surface area contributed by atoms with Crippen LogP contribution in [0.5, 0.6) is 0 Å². The second-order valence-corrected chi connectivity index (χ2v) is 6.61. The maximum Gasteiger partial charge on any atom is 0.270 e. The molecule has 0 radical (unpaired) electrons. The van der Waals surface area contributed by atoms with E-state index in [1.165, 1.54) is 0 Å². The average Bonchev–Trinajstić information content (AvgIpc) is 2.93. The van der Waals surface area contributed by atoms with Gasteiger partial charge >= 0.3 is 0 Å². The molecule has 0 atom stereocenters. The minimum atomic E-state index is -0.300. The first kappa shape index (κ1) is 18.8. The summed E-state index contributed by atoms with van der Waals surface area (Å²) in [6.07, 6.45) is 5.93. The Morgan fingerprint density at radius 1 is 1.04 bits per heavy atom. The van der Waals surface area contributed by atoms with Crippen molar-refractivity contribution in [2.45, 2.75) is 6.42 Å². The van der Waals surface area contributed by atoms with Crippen LogP contribution in [0.2, 0.25) is 0 Å². The van der Waals surface area contributed by atoms with E-state index in [9.17, 15) is 9.59 Å². The summed E-state index contributed by atoms with van der Waals surface area (Å²) in [5.41, 5.74) is 1.54. The van der Waals surface area contributed by atoms with Crippen LogP contribution in [0.4, 0.5) is 0 Å². The molecule has 6 nitrogen and oxygen atoms in total. The number of hydrogen-bond acceptors (Lipinski definition) is 4. The van der Waals surface area contributed by atoms with Gasteiger partial charge in [0.15, 0.2) is 0 Å². The Bertz CT molecular complexity index is 805. The lowest BCUT2D eigenvalue weighted by Gasteiger charge is -2.22. The van der Waals surface area contributed by atoms with Gasteiger partial charge in [-0.05, 0) is 49.9 Å². The number of amides is 2. The average molecular weight is 364 g/mol. The lowest BCUT2D eigenvalue weighted by molar-refractivity contribution is -0.127. The van der Waals surface area contributed by atoms with E-state index in [2.05, 4.69) is 22.2 Å². The Labute approximate surface area is 159 Å². The molecule has 1 saturated heterocycles. The second kappa shape index (κ2) is 9.09. The molecule has 140 valence electrons. The number of carbonyl (C=O) groups is 2. The third-order valence-electron chi connectivity index (χ3n) is 4.52. The molecule has 0 spiro atoms. The predicted octanol–water partition coefficient (Wildman–Crippen LogP) is 2.02. The van der Waals surface area contributed by atoms with Gasteiger partial charge < -0.3 is 15.1 Å². The molecule has 3 rings (SSSR count). The van der Waals surface area contributed by atoms with Gasteiger partial charge in [0.1, 0.15) is 5.70 Å². The molecule has 2 amide bonds. The Kier molecular flexibility index (Phi) is 6.33. The highest BCUT2D eigenvalue weighted by molar-refractivity contribution is 6.05. The maximum absolute atomic E-state index is 13.1. The van der Waals surface area contributed by atoms with E-state index in [0.29, 0.717) is 18.7 Å². The van der Waals surface area contributed by atoms with Crippen molar-refractivity contribution in [2.24, 2.45) is 0 Å². The Balaban J connectivity index is 1.84. The zero-order valence-electron chi connectivity index (χ0n) is 15.5. The van der Waals surface area contributed by atoms with Gasteiger partial charge in [0.2, 0.25) is 0 Å². The van der Waals surface area contributed by atoms with Gasteiger partial charge in [0, 0.05) is 37.6 Å². The number of nitrogens with one attached hydrogen (secondary N) is 1. The minimum absolute atomic E-state index is 0.168. The Morgan fingerprint density at radius 2 is 1.85 bits per heavy atom. The molecule has 0 bridgehead atoms. The molecular formula is C21H24N4O2. The fraction of sp³-hybridized carbons (Fsp3) is 0.286. The molecule has 1 aliphatic heterocycles. The normalized spacial score (nSPS) is 15.9. The molecule has 1 aromatic heterocycles. The van der Waals surface area contributed by atoms with E-state index in [-0.39, 0.29) is 17.5 Å². The summed E-state index contributed by atoms with van der Waals surface area (Å²) in [5.74, 6) is -0.468. The van der Waals surface area contributed by atoms with E-state index < -0.39 is 0 Å². The standard InChI is InChI=1S/C21H24N4O2/c1-24-11-6-12-25(14-13-24)21(27)19(15-17-7-5-10-22-16-17)23-20(26)18-8-3-2-4-9-18/h2-5,7-10,15-16H,6,11-14H2,1H3,(H,23,26)/b19-15+. The number of nitrogens with zero attached hydrogens (tertiary/aromatic N) is 3. The summed E-state index contributed by atoms with van der Waals surface area (Å²) in [6, 6.07) is 12.5. The quantitative estimate of drug-likeness (QED) is 0.843. The molecule has 27 heavy (non-hydrogen) atoms. The largest absolute Gasteiger partial charge is 0.336 e. The number of pyridine rings is 1. The third-order valence-corrected chi connectivity index (χ3v) is 4.52. The molecule has 0 aliphatic carbocycles. The van der Waals surface area contributed by atoms with Gasteiger partial charge in [-0.25, -0.2) is 0 Å². The number of aromatic nitrogens is 1. The van der Waals surface area contributed by atoms with Gasteiger partial charge in [-0.3, -0.25) is 14.6 Å². The summed E-state index contributed by atoms with van der Waals surface area (Å²) >= 11 is 0. The molecule has 1 N–H and O–H groups in total. The highest BCUT2D eigenvalue weighted by Crippen LogP contribution is 2.11. The Morgan fingerprint density at radius 3 is 2.59 bits per heavy atom. The van der Waals surface area contributed by atoms with Gasteiger partial charge in [0.25, 0.3) is 11.8 Å². The van der Waals surface area contributed by atoms with Crippen molar-refractivity contribution in [3.8, 4) is 0 Å². The summed E-state index contributed by atoms with van der Waals surface area (Å²) in [4.78, 5) is 33.8. The monoisotopic (exact) mass is 364 g/mol. The van der Waals surface area contributed by atoms with Crippen molar-refractivity contribution in [3.63, 3.8) is 0 Å². The molecule has 1 fully saturated rings. The lowest BCUT2D eigenvalue weighted by Crippen LogP contribution is -2.40. The molecule has 0 unspecified atom stereocenters. The van der Waals surface area contributed by atoms with Crippen LogP contribution in [0.15, 0.2) is 60.6 Å². The number of benzene rings is 1. The molecule has 1 aliphatic rings. The van der Waals surface area contributed by atoms with Crippen LogP contribution in [-0.4, -0.2) is 59.8 Å². The first-order valence-electron chi connectivity index (χ1n) is 9.09. The van der Waals surface area contributed by atoms with Crippen LogP contribution in [-0.2, 0) is 4.79 Å². The first-order chi connectivity index (χ1) is 13.1. The van der Waals surface area contributed by atoms with Crippen molar-refractivity contribution in [3.05, 3.63) is 71.7 Å². The molecule has 2 aromatic rings. The third kappa shape index (κ3) is 5.24. The number of likely N-dealkylation sites (N-methyl/N-ethyl adjacent to an activating group) is 1. The van der Waals surface area contributed by atoms with Gasteiger partial charge in [-0.2, -0.15) is 0 Å². The van der Waals surface area contributed by atoms with Crippen LogP contribution in [0.3, 0.4) is 0 Å². The van der Waals surface area contributed by atoms with E-state index in [1.54, 1.807) is 53.7 Å². The summed E-state index contributed by atoms with van der Waals surface area (Å²) in [7, 11) is 2.05. The molecule has 1 aromatic carbocycles. The minimum Gasteiger partial charge on any atom is -0.336 e. The number of hydrogen-bond donors (Lipinski definition) is 1. The van der Waals surface area contributed by atoms with Gasteiger partial charge in [0.05, 0.1) is 0 Å². The fourth-order valence-electron chi connectivity index (χ4n) is 2.98. The zero-order valence-corrected chi connectivity index (χ0v) is 15.5. The number of rotatable bonds is 4. The predicted molar refractivity (Wildman–Crippen MR) is 105 cm³/mol. The van der Waals surface area contributed by atoms with Crippen LogP contribution in [0.1, 0.15) is 22.3 Å². The van der Waals surface area contributed by atoms with Crippen molar-refractivity contribution in [1.82, 2.24) is 20.1 Å². The summed E-state index contributed by atoms with van der Waals surface area (Å²) in [5, 5.41) is 2.80. The molecule has 6 heteroatoms. The summed E-state index contributed by atoms with van der Waals surface area (Å²) < 4.78 is 0.